The number of methoxy groups -OCH3 is 4. The lowest BCUT2D eigenvalue weighted by atomic mass is 9.94. The number of hydrogen-bond donors (Lipinski definition) is 1. The lowest BCUT2D eigenvalue weighted by molar-refractivity contribution is -0.140. The first-order valence-corrected chi connectivity index (χ1v) is 9.61. The average molecular weight is 427 g/mol. The number of Topliss-reactive ketones (excluding diaryl/α,β-unsaturated/α-hetero) is 1. The van der Waals surface area contributed by atoms with E-state index in [1.165, 1.54) is 33.3 Å². The van der Waals surface area contributed by atoms with Crippen LogP contribution in [-0.2, 0) is 14.3 Å². The Labute approximate surface area is 180 Å². The second-order valence-electron chi connectivity index (χ2n) is 6.81. The van der Waals surface area contributed by atoms with Gasteiger partial charge in [0.2, 0.25) is 5.75 Å². The molecule has 1 atom stereocenters. The molecule has 1 fully saturated rings. The lowest BCUT2D eigenvalue weighted by Crippen LogP contribution is -2.32. The molecule has 31 heavy (non-hydrogen) atoms. The third kappa shape index (κ3) is 4.06. The minimum Gasteiger partial charge on any atom is -0.507 e. The Morgan fingerprint density at radius 3 is 2.10 bits per heavy atom. The zero-order chi connectivity index (χ0) is 22.5. The van der Waals surface area contributed by atoms with E-state index in [-0.39, 0.29) is 24.5 Å². The summed E-state index contributed by atoms with van der Waals surface area (Å²) in [6.07, 6.45) is 0. The first-order chi connectivity index (χ1) is 15.0. The number of aliphatic hydroxyl groups excluding tert-OH is 1. The highest BCUT2D eigenvalue weighted by molar-refractivity contribution is 6.46. The minimum absolute atomic E-state index is 0.0124. The van der Waals surface area contributed by atoms with Gasteiger partial charge in [0.1, 0.15) is 5.76 Å². The number of hydrogen-bond acceptors (Lipinski definition) is 7. The van der Waals surface area contributed by atoms with Crippen LogP contribution in [0.4, 0.5) is 0 Å². The molecular formula is C23H25NO7. The molecule has 0 unspecified atom stereocenters. The summed E-state index contributed by atoms with van der Waals surface area (Å²) in [5.74, 6) is -0.615. The molecule has 1 heterocycles. The molecular weight excluding hydrogens is 402 g/mol. The number of rotatable bonds is 8. The number of aliphatic hydroxyl groups is 1. The van der Waals surface area contributed by atoms with Crippen LogP contribution in [0, 0.1) is 0 Å². The Balaban J connectivity index is 2.25. The van der Waals surface area contributed by atoms with Crippen molar-refractivity contribution in [2.24, 2.45) is 0 Å². The van der Waals surface area contributed by atoms with Gasteiger partial charge in [-0.3, -0.25) is 9.59 Å². The SMILES string of the molecule is COCCN1C(=O)C(=O)C(=C(O)c2ccccc2)[C@H]1c1cc(OC)c(OC)c(OC)c1. The summed E-state index contributed by atoms with van der Waals surface area (Å²) in [6, 6.07) is 11.1. The van der Waals surface area contributed by atoms with Crippen molar-refractivity contribution in [3.8, 4) is 17.2 Å². The van der Waals surface area contributed by atoms with E-state index in [1.54, 1.807) is 42.5 Å². The summed E-state index contributed by atoms with van der Waals surface area (Å²) < 4.78 is 21.4. The Morgan fingerprint density at radius 2 is 1.58 bits per heavy atom. The maximum Gasteiger partial charge on any atom is 0.295 e. The fraction of sp³-hybridized carbons (Fsp3) is 0.304. The molecule has 8 nitrogen and oxygen atoms in total. The van der Waals surface area contributed by atoms with Crippen LogP contribution in [0.5, 0.6) is 17.2 Å². The number of nitrogens with zero attached hydrogens (tertiary/aromatic N) is 1. The Kier molecular flexibility index (Phi) is 6.81. The van der Waals surface area contributed by atoms with Gasteiger partial charge >= 0.3 is 0 Å². The zero-order valence-electron chi connectivity index (χ0n) is 17.9. The molecule has 2 aromatic rings. The van der Waals surface area contributed by atoms with Gasteiger partial charge in [-0.1, -0.05) is 30.3 Å². The normalized spacial score (nSPS) is 17.7. The van der Waals surface area contributed by atoms with Crippen molar-refractivity contribution in [3.05, 3.63) is 59.2 Å². The highest BCUT2D eigenvalue weighted by atomic mass is 16.5. The molecule has 0 bridgehead atoms. The summed E-state index contributed by atoms with van der Waals surface area (Å²) in [5.41, 5.74) is 0.952. The number of likely N-dealkylation sites (tertiary alicyclic amines) is 1. The zero-order valence-corrected chi connectivity index (χ0v) is 17.9. The first kappa shape index (κ1) is 22.2. The number of amides is 1. The van der Waals surface area contributed by atoms with E-state index in [9.17, 15) is 14.7 Å². The van der Waals surface area contributed by atoms with Crippen molar-refractivity contribution >= 4 is 17.4 Å². The highest BCUT2D eigenvalue weighted by Gasteiger charge is 2.46. The van der Waals surface area contributed by atoms with Crippen LogP contribution in [0.1, 0.15) is 17.2 Å². The van der Waals surface area contributed by atoms with Gasteiger partial charge in [-0.15, -0.1) is 0 Å². The maximum absolute atomic E-state index is 13.0. The molecule has 2 aromatic carbocycles. The van der Waals surface area contributed by atoms with Gasteiger partial charge in [0.15, 0.2) is 11.5 Å². The fourth-order valence-corrected chi connectivity index (χ4v) is 3.66. The van der Waals surface area contributed by atoms with Crippen LogP contribution >= 0.6 is 0 Å². The van der Waals surface area contributed by atoms with Crippen LogP contribution in [0.3, 0.4) is 0 Å². The fourth-order valence-electron chi connectivity index (χ4n) is 3.66. The molecule has 0 spiro atoms. The predicted octanol–water partition coefficient (Wildman–Crippen LogP) is 2.78. The standard InChI is InChI=1S/C23H25NO7/c1-28-11-10-24-19(15-12-16(29-2)22(31-4)17(13-15)30-3)18(21(26)23(24)27)20(25)14-8-6-5-7-9-14/h5-9,12-13,19,25H,10-11H2,1-4H3/t19-/m1/s1. The van der Waals surface area contributed by atoms with Crippen LogP contribution in [0.15, 0.2) is 48.0 Å². The molecule has 1 aliphatic heterocycles. The van der Waals surface area contributed by atoms with Crippen molar-refractivity contribution in [1.29, 1.82) is 0 Å². The topological polar surface area (TPSA) is 94.5 Å². The minimum atomic E-state index is -0.857. The van der Waals surface area contributed by atoms with E-state index in [0.29, 0.717) is 28.4 Å². The van der Waals surface area contributed by atoms with Crippen LogP contribution in [0.25, 0.3) is 5.76 Å². The maximum atomic E-state index is 13.0. The van der Waals surface area contributed by atoms with Crippen molar-refractivity contribution in [3.63, 3.8) is 0 Å². The first-order valence-electron chi connectivity index (χ1n) is 9.61. The molecule has 0 aliphatic carbocycles. The smallest absolute Gasteiger partial charge is 0.295 e. The van der Waals surface area contributed by atoms with Crippen LogP contribution in [0.2, 0.25) is 0 Å². The van der Waals surface area contributed by atoms with Gasteiger partial charge in [-0.2, -0.15) is 0 Å². The van der Waals surface area contributed by atoms with E-state index in [4.69, 9.17) is 18.9 Å². The molecule has 3 rings (SSSR count). The summed E-state index contributed by atoms with van der Waals surface area (Å²) in [5, 5.41) is 11.0. The molecule has 0 aromatic heterocycles. The summed E-state index contributed by atoms with van der Waals surface area (Å²) >= 11 is 0. The third-order valence-corrected chi connectivity index (χ3v) is 5.13. The molecule has 164 valence electrons. The number of ether oxygens (including phenoxy) is 4. The van der Waals surface area contributed by atoms with Gasteiger partial charge in [0.05, 0.1) is 39.6 Å². The molecule has 1 amide bonds. The molecule has 1 N–H and O–H groups in total. The molecule has 8 heteroatoms. The molecule has 1 saturated heterocycles. The summed E-state index contributed by atoms with van der Waals surface area (Å²) in [4.78, 5) is 27.2. The van der Waals surface area contributed by atoms with Crippen molar-refractivity contribution < 1.29 is 33.6 Å². The molecule has 0 radical (unpaired) electrons. The van der Waals surface area contributed by atoms with E-state index in [0.717, 1.165) is 0 Å². The second kappa shape index (κ2) is 9.53. The van der Waals surface area contributed by atoms with Crippen LogP contribution < -0.4 is 14.2 Å². The van der Waals surface area contributed by atoms with Gasteiger partial charge in [-0.25, -0.2) is 0 Å². The Morgan fingerprint density at radius 1 is 0.968 bits per heavy atom. The van der Waals surface area contributed by atoms with E-state index in [1.807, 2.05) is 0 Å². The number of benzene rings is 2. The van der Waals surface area contributed by atoms with Crippen molar-refractivity contribution in [2.75, 3.05) is 41.6 Å². The molecule has 0 saturated carbocycles. The monoisotopic (exact) mass is 427 g/mol. The summed E-state index contributed by atoms with van der Waals surface area (Å²) in [6.45, 7) is 0.382. The Bertz CT molecular complexity index is 975. The number of carbonyl (C=O) groups is 2. The lowest BCUT2D eigenvalue weighted by Gasteiger charge is -2.26. The summed E-state index contributed by atoms with van der Waals surface area (Å²) in [7, 11) is 5.95. The van der Waals surface area contributed by atoms with Crippen molar-refractivity contribution in [2.45, 2.75) is 6.04 Å². The predicted molar refractivity (Wildman–Crippen MR) is 113 cm³/mol. The number of ketones is 1. The van der Waals surface area contributed by atoms with Gasteiger partial charge in [0.25, 0.3) is 11.7 Å². The van der Waals surface area contributed by atoms with Gasteiger partial charge in [0, 0.05) is 19.2 Å². The Hall–Kier alpha value is -3.52. The van der Waals surface area contributed by atoms with E-state index < -0.39 is 17.7 Å². The highest BCUT2D eigenvalue weighted by Crippen LogP contribution is 2.45. The van der Waals surface area contributed by atoms with E-state index in [2.05, 4.69) is 0 Å². The molecule has 1 aliphatic rings. The second-order valence-corrected chi connectivity index (χ2v) is 6.81. The quantitative estimate of drug-likeness (QED) is 0.393. The van der Waals surface area contributed by atoms with Gasteiger partial charge < -0.3 is 29.0 Å². The largest absolute Gasteiger partial charge is 0.507 e. The average Bonchev–Trinajstić information content (AvgIpc) is 3.06. The third-order valence-electron chi connectivity index (χ3n) is 5.13. The van der Waals surface area contributed by atoms with E-state index >= 15 is 0 Å². The van der Waals surface area contributed by atoms with Crippen molar-refractivity contribution in [1.82, 2.24) is 4.90 Å². The van der Waals surface area contributed by atoms with Gasteiger partial charge in [-0.05, 0) is 17.7 Å². The van der Waals surface area contributed by atoms with Crippen LogP contribution in [-0.4, -0.2) is 63.3 Å². The number of carbonyl (C=O) groups excluding carboxylic acids is 2.